The molecular weight excluding hydrogens is 572 g/mol. The molecule has 0 atom stereocenters. The van der Waals surface area contributed by atoms with Crippen molar-refractivity contribution in [3.63, 3.8) is 0 Å². The van der Waals surface area contributed by atoms with E-state index in [1.165, 1.54) is 38.9 Å². The molecule has 0 aromatic heterocycles. The topological polar surface area (TPSA) is 40.5 Å². The normalized spacial score (nSPS) is 14.5. The molecule has 47 heavy (non-hydrogen) atoms. The first-order valence-electron chi connectivity index (χ1n) is 16.9. The third kappa shape index (κ3) is 5.00. The summed E-state index contributed by atoms with van der Waals surface area (Å²) < 4.78 is 0. The fourth-order valence-electron chi connectivity index (χ4n) is 8.11. The van der Waals surface area contributed by atoms with E-state index in [0.29, 0.717) is 5.75 Å². The van der Waals surface area contributed by atoms with Crippen molar-refractivity contribution in [2.45, 2.75) is 90.9 Å². The Balaban J connectivity index is 1.57. The Morgan fingerprint density at radius 3 is 1.28 bits per heavy atom. The summed E-state index contributed by atoms with van der Waals surface area (Å²) >= 11 is 0. The van der Waals surface area contributed by atoms with Gasteiger partial charge in [-0.05, 0) is 79.1 Å². The van der Waals surface area contributed by atoms with E-state index in [2.05, 4.69) is 154 Å². The van der Waals surface area contributed by atoms with E-state index in [-0.39, 0.29) is 27.4 Å². The minimum atomic E-state index is -0.561. The maximum absolute atomic E-state index is 12.5. The number of hydrogen-bond donors (Lipinski definition) is 2. The van der Waals surface area contributed by atoms with E-state index in [1.807, 2.05) is 12.1 Å². The maximum Gasteiger partial charge on any atom is 0.123 e. The Morgan fingerprint density at radius 2 is 0.851 bits per heavy atom. The summed E-state index contributed by atoms with van der Waals surface area (Å²) in [6, 6.07) is 38.6. The van der Waals surface area contributed by atoms with Crippen molar-refractivity contribution in [1.82, 2.24) is 0 Å². The molecule has 0 amide bonds. The van der Waals surface area contributed by atoms with Crippen LogP contribution < -0.4 is 0 Å². The predicted molar refractivity (Wildman–Crippen MR) is 197 cm³/mol. The van der Waals surface area contributed by atoms with Crippen LogP contribution in [0.1, 0.15) is 114 Å². The summed E-state index contributed by atoms with van der Waals surface area (Å²) in [5, 5.41) is 22.3. The monoisotopic (exact) mass is 622 g/mol. The first-order valence-corrected chi connectivity index (χ1v) is 16.9. The molecule has 1 aliphatic carbocycles. The fourth-order valence-corrected chi connectivity index (χ4v) is 8.11. The first-order chi connectivity index (χ1) is 21.9. The highest BCUT2D eigenvalue weighted by atomic mass is 16.3. The van der Waals surface area contributed by atoms with Crippen molar-refractivity contribution in [2.75, 3.05) is 0 Å². The van der Waals surface area contributed by atoms with E-state index in [9.17, 15) is 10.2 Å². The molecular formula is C45H50O2. The Bertz CT molecular complexity index is 1900. The fraction of sp³-hybridized carbons (Fsp3) is 0.333. The predicted octanol–water partition coefficient (Wildman–Crippen LogP) is 11.4. The van der Waals surface area contributed by atoms with Gasteiger partial charge in [0.15, 0.2) is 0 Å². The quantitative estimate of drug-likeness (QED) is 0.205. The number of fused-ring (bicyclic) bond motifs is 3. The molecule has 0 spiro atoms. The molecule has 5 aromatic carbocycles. The van der Waals surface area contributed by atoms with Crippen LogP contribution in [0.2, 0.25) is 0 Å². The second-order valence-electron chi connectivity index (χ2n) is 16.6. The van der Waals surface area contributed by atoms with E-state index < -0.39 is 5.41 Å². The van der Waals surface area contributed by atoms with Crippen LogP contribution in [0, 0.1) is 5.41 Å². The minimum Gasteiger partial charge on any atom is -0.508 e. The lowest BCUT2D eigenvalue weighted by Crippen LogP contribution is -2.41. The standard InChI is InChI=1S/C45H50O2/c1-41(2,3)38-27-32(44(9,10)30-21-19-29(20-22-30)43(7,8)31-23-25-33(46)26-24-31)28-39(40(38)47)45(42(4,5)6)36-17-13-11-15-34(36)35-16-12-14-18-37(35)45/h11-28,46-47H,1-10H3. The van der Waals surface area contributed by atoms with Crippen LogP contribution in [0.5, 0.6) is 11.5 Å². The third-order valence-electron chi connectivity index (χ3n) is 11.0. The van der Waals surface area contributed by atoms with Crippen LogP contribution in [0.25, 0.3) is 11.1 Å². The molecule has 2 heteroatoms. The summed E-state index contributed by atoms with van der Waals surface area (Å²) in [6.07, 6.45) is 0. The van der Waals surface area contributed by atoms with E-state index >= 15 is 0 Å². The molecule has 1 aliphatic rings. The average molecular weight is 623 g/mol. The molecule has 0 fully saturated rings. The zero-order chi connectivity index (χ0) is 34.2. The van der Waals surface area contributed by atoms with Gasteiger partial charge >= 0.3 is 0 Å². The Morgan fingerprint density at radius 1 is 0.447 bits per heavy atom. The van der Waals surface area contributed by atoms with Crippen LogP contribution in [0.3, 0.4) is 0 Å². The maximum atomic E-state index is 12.5. The Hall–Kier alpha value is -4.30. The van der Waals surface area contributed by atoms with E-state index in [1.54, 1.807) is 12.1 Å². The molecule has 0 unspecified atom stereocenters. The Kier molecular flexibility index (Phi) is 7.55. The lowest BCUT2D eigenvalue weighted by Gasteiger charge is -2.46. The highest BCUT2D eigenvalue weighted by Crippen LogP contribution is 2.63. The molecule has 0 bridgehead atoms. The van der Waals surface area contributed by atoms with Gasteiger partial charge < -0.3 is 10.2 Å². The van der Waals surface area contributed by atoms with Gasteiger partial charge in [-0.3, -0.25) is 0 Å². The van der Waals surface area contributed by atoms with Crippen molar-refractivity contribution >= 4 is 0 Å². The van der Waals surface area contributed by atoms with Gasteiger partial charge in [0.1, 0.15) is 11.5 Å². The number of phenolic OH excluding ortho intramolecular Hbond substituents is 2. The number of rotatable bonds is 5. The highest BCUT2D eigenvalue weighted by Gasteiger charge is 2.54. The largest absolute Gasteiger partial charge is 0.508 e. The van der Waals surface area contributed by atoms with Gasteiger partial charge in [-0.1, -0.05) is 160 Å². The average Bonchev–Trinajstić information content (AvgIpc) is 3.32. The molecule has 242 valence electrons. The molecule has 0 heterocycles. The number of benzene rings is 5. The van der Waals surface area contributed by atoms with E-state index in [4.69, 9.17) is 0 Å². The first kappa shape index (κ1) is 32.6. The van der Waals surface area contributed by atoms with Gasteiger partial charge in [-0.2, -0.15) is 0 Å². The van der Waals surface area contributed by atoms with Gasteiger partial charge in [-0.15, -0.1) is 0 Å². The van der Waals surface area contributed by atoms with Crippen molar-refractivity contribution in [2.24, 2.45) is 5.41 Å². The Labute approximate surface area is 282 Å². The number of aromatic hydroxyl groups is 2. The van der Waals surface area contributed by atoms with Gasteiger partial charge in [0.2, 0.25) is 0 Å². The zero-order valence-electron chi connectivity index (χ0n) is 29.8. The van der Waals surface area contributed by atoms with Crippen molar-refractivity contribution in [3.8, 4) is 22.6 Å². The second-order valence-corrected chi connectivity index (χ2v) is 16.6. The summed E-state index contributed by atoms with van der Waals surface area (Å²) in [5.74, 6) is 0.673. The highest BCUT2D eigenvalue weighted by molar-refractivity contribution is 5.85. The number of phenols is 2. The van der Waals surface area contributed by atoms with Crippen LogP contribution >= 0.6 is 0 Å². The van der Waals surface area contributed by atoms with Crippen molar-refractivity contribution in [1.29, 1.82) is 0 Å². The molecule has 2 nitrogen and oxygen atoms in total. The molecule has 6 rings (SSSR count). The SMILES string of the molecule is CC(C)(C)c1cc(C(C)(C)c2ccc(C(C)(C)c3ccc(O)cc3)cc2)cc(C2(C(C)(C)C)c3ccccc3-c3ccccc32)c1O. The van der Waals surface area contributed by atoms with Gasteiger partial charge in [0.25, 0.3) is 0 Å². The number of hydrogen-bond acceptors (Lipinski definition) is 2. The molecule has 5 aromatic rings. The summed E-state index contributed by atoms with van der Waals surface area (Å²) in [6.45, 7) is 22.6. The summed E-state index contributed by atoms with van der Waals surface area (Å²) in [4.78, 5) is 0. The van der Waals surface area contributed by atoms with Crippen LogP contribution in [0.4, 0.5) is 0 Å². The lowest BCUT2D eigenvalue weighted by molar-refractivity contribution is 0.268. The van der Waals surface area contributed by atoms with Crippen molar-refractivity contribution in [3.05, 3.63) is 154 Å². The summed E-state index contributed by atoms with van der Waals surface area (Å²) in [5.41, 5.74) is 10.0. The van der Waals surface area contributed by atoms with Crippen LogP contribution in [0.15, 0.2) is 109 Å². The molecule has 2 N–H and O–H groups in total. The van der Waals surface area contributed by atoms with Gasteiger partial charge in [0.05, 0.1) is 5.41 Å². The van der Waals surface area contributed by atoms with Gasteiger partial charge in [0, 0.05) is 16.4 Å². The van der Waals surface area contributed by atoms with Crippen LogP contribution in [-0.4, -0.2) is 10.2 Å². The van der Waals surface area contributed by atoms with Crippen molar-refractivity contribution < 1.29 is 10.2 Å². The molecule has 0 saturated heterocycles. The third-order valence-corrected chi connectivity index (χ3v) is 11.0. The molecule has 0 aliphatic heterocycles. The summed E-state index contributed by atoms with van der Waals surface area (Å²) in [7, 11) is 0. The lowest BCUT2D eigenvalue weighted by atomic mass is 9.56. The smallest absolute Gasteiger partial charge is 0.123 e. The zero-order valence-corrected chi connectivity index (χ0v) is 29.8. The molecule has 0 saturated carbocycles. The van der Waals surface area contributed by atoms with Gasteiger partial charge in [-0.25, -0.2) is 0 Å². The second kappa shape index (κ2) is 10.9. The minimum absolute atomic E-state index is 0.218. The molecule has 0 radical (unpaired) electrons. The van der Waals surface area contributed by atoms with Crippen LogP contribution in [-0.2, 0) is 21.7 Å². The van der Waals surface area contributed by atoms with E-state index in [0.717, 1.165) is 16.7 Å².